The van der Waals surface area contributed by atoms with Gasteiger partial charge in [-0.15, -0.1) is 0 Å². The molecule has 2 aromatic carbocycles. The molecule has 0 amide bonds. The Kier molecular flexibility index (Phi) is 3.05. The normalized spacial score (nSPS) is 24.9. The molecule has 1 aliphatic heterocycles. The summed E-state index contributed by atoms with van der Waals surface area (Å²) in [6.07, 6.45) is 0. The molecule has 1 unspecified atom stereocenters. The fraction of sp³-hybridized carbons (Fsp3) is 0.188. The number of carbonyl (C=O) groups is 1. The lowest BCUT2D eigenvalue weighted by molar-refractivity contribution is -0.306. The van der Waals surface area contributed by atoms with Crippen LogP contribution in [0.4, 0.5) is 0 Å². The maximum Gasteiger partial charge on any atom is 0.0701 e. The maximum absolute atomic E-state index is 11.2. The van der Waals surface area contributed by atoms with Crippen molar-refractivity contribution < 1.29 is 9.90 Å². The highest BCUT2D eigenvalue weighted by atomic mass is 16.4. The van der Waals surface area contributed by atoms with Gasteiger partial charge >= 0.3 is 0 Å². The van der Waals surface area contributed by atoms with E-state index in [1.165, 1.54) is 0 Å². The summed E-state index contributed by atoms with van der Waals surface area (Å²) in [5, 5.41) is 11.2. The minimum absolute atomic E-state index is 0.0635. The van der Waals surface area contributed by atoms with Crippen molar-refractivity contribution in [2.24, 2.45) is 0 Å². The van der Waals surface area contributed by atoms with Gasteiger partial charge in [-0.2, -0.15) is 0 Å². The van der Waals surface area contributed by atoms with Crippen molar-refractivity contribution in [2.75, 3.05) is 0 Å². The molecule has 19 heavy (non-hydrogen) atoms. The van der Waals surface area contributed by atoms with Gasteiger partial charge < -0.3 is 9.90 Å². The summed E-state index contributed by atoms with van der Waals surface area (Å²) in [6, 6.07) is 19.0. The van der Waals surface area contributed by atoms with Gasteiger partial charge in [0.1, 0.15) is 0 Å². The zero-order chi connectivity index (χ0) is 13.2. The molecule has 3 heteroatoms. The average Bonchev–Trinajstić information content (AvgIpc) is 3.15. The van der Waals surface area contributed by atoms with E-state index in [2.05, 4.69) is 0 Å². The van der Waals surface area contributed by atoms with Crippen LogP contribution < -0.4 is 5.11 Å². The Morgan fingerprint density at radius 1 is 1.00 bits per heavy atom. The number of carbonyl (C=O) groups excluding carboxylic acids is 1. The van der Waals surface area contributed by atoms with Crippen molar-refractivity contribution in [3.8, 4) is 0 Å². The first-order valence-electron chi connectivity index (χ1n) is 6.33. The molecule has 0 aliphatic carbocycles. The van der Waals surface area contributed by atoms with E-state index in [1.54, 1.807) is 0 Å². The number of nitrogens with zero attached hydrogens (tertiary/aromatic N) is 1. The van der Waals surface area contributed by atoms with E-state index in [0.29, 0.717) is 6.54 Å². The summed E-state index contributed by atoms with van der Waals surface area (Å²) in [4.78, 5) is 13.1. The zero-order valence-corrected chi connectivity index (χ0v) is 10.4. The van der Waals surface area contributed by atoms with Crippen LogP contribution in [0.15, 0.2) is 60.7 Å². The lowest BCUT2D eigenvalue weighted by Gasteiger charge is -2.04. The van der Waals surface area contributed by atoms with Gasteiger partial charge in [0, 0.05) is 6.54 Å². The Hall–Kier alpha value is -2.13. The molecule has 0 saturated carbocycles. The highest BCUT2D eigenvalue weighted by Crippen LogP contribution is 2.43. The molecule has 1 aliphatic rings. The number of benzene rings is 2. The second kappa shape index (κ2) is 4.86. The van der Waals surface area contributed by atoms with Gasteiger partial charge in [0.2, 0.25) is 0 Å². The van der Waals surface area contributed by atoms with Crippen molar-refractivity contribution in [2.45, 2.75) is 18.6 Å². The fourth-order valence-corrected chi connectivity index (χ4v) is 2.56. The van der Waals surface area contributed by atoms with Gasteiger partial charge in [-0.25, -0.2) is 0 Å². The van der Waals surface area contributed by atoms with Crippen LogP contribution >= 0.6 is 0 Å². The summed E-state index contributed by atoms with van der Waals surface area (Å²) < 4.78 is 0. The number of aliphatic carboxylic acids is 1. The molecule has 96 valence electrons. The Bertz CT molecular complexity index is 568. The summed E-state index contributed by atoms with van der Waals surface area (Å²) in [6.45, 7) is 0.638. The largest absolute Gasteiger partial charge is 0.548 e. The first-order chi connectivity index (χ1) is 9.27. The maximum atomic E-state index is 11.2. The monoisotopic (exact) mass is 252 g/mol. The van der Waals surface area contributed by atoms with Crippen LogP contribution in [0.25, 0.3) is 0 Å². The van der Waals surface area contributed by atoms with Gasteiger partial charge in [0.15, 0.2) is 0 Å². The minimum atomic E-state index is -0.996. The molecule has 2 aromatic rings. The number of carboxylic acids is 1. The second-order valence-electron chi connectivity index (χ2n) is 4.78. The molecule has 0 N–H and O–H groups in total. The predicted octanol–water partition coefficient (Wildman–Crippen LogP) is 1.36. The molecule has 0 aromatic heterocycles. The molecule has 3 rings (SSSR count). The molecule has 1 saturated heterocycles. The minimum Gasteiger partial charge on any atom is -0.548 e. The molecule has 1 heterocycles. The second-order valence-corrected chi connectivity index (χ2v) is 4.78. The molecular weight excluding hydrogens is 238 g/mol. The number of rotatable bonds is 4. The van der Waals surface area contributed by atoms with Gasteiger partial charge in [-0.05, 0) is 11.1 Å². The van der Waals surface area contributed by atoms with Gasteiger partial charge in [-0.3, -0.25) is 4.90 Å². The lowest BCUT2D eigenvalue weighted by Crippen LogP contribution is -2.30. The van der Waals surface area contributed by atoms with E-state index in [0.717, 1.165) is 11.1 Å². The summed E-state index contributed by atoms with van der Waals surface area (Å²) in [5.74, 6) is -0.996. The first kappa shape index (κ1) is 11.9. The van der Waals surface area contributed by atoms with E-state index >= 15 is 0 Å². The smallest absolute Gasteiger partial charge is 0.0701 e. The number of hydrogen-bond acceptors (Lipinski definition) is 3. The highest BCUT2D eigenvalue weighted by Gasteiger charge is 2.48. The third-order valence-corrected chi connectivity index (χ3v) is 3.51. The highest BCUT2D eigenvalue weighted by molar-refractivity contribution is 5.76. The van der Waals surface area contributed by atoms with Crippen LogP contribution in [0, 0.1) is 0 Å². The van der Waals surface area contributed by atoms with Gasteiger partial charge in [-0.1, -0.05) is 60.7 Å². The van der Waals surface area contributed by atoms with Crippen molar-refractivity contribution in [3.05, 3.63) is 71.8 Å². The van der Waals surface area contributed by atoms with Gasteiger partial charge in [0.05, 0.1) is 18.1 Å². The summed E-state index contributed by atoms with van der Waals surface area (Å²) in [7, 11) is 0. The Morgan fingerprint density at radius 3 is 2.16 bits per heavy atom. The van der Waals surface area contributed by atoms with E-state index in [1.807, 2.05) is 65.6 Å². The Morgan fingerprint density at radius 2 is 1.58 bits per heavy atom. The van der Waals surface area contributed by atoms with E-state index in [9.17, 15) is 9.90 Å². The van der Waals surface area contributed by atoms with E-state index in [-0.39, 0.29) is 6.04 Å². The van der Waals surface area contributed by atoms with Crippen LogP contribution in [0.5, 0.6) is 0 Å². The third-order valence-electron chi connectivity index (χ3n) is 3.51. The van der Waals surface area contributed by atoms with Crippen LogP contribution in [0.3, 0.4) is 0 Å². The van der Waals surface area contributed by atoms with Crippen molar-refractivity contribution in [3.63, 3.8) is 0 Å². The Balaban J connectivity index is 1.80. The molecule has 0 spiro atoms. The molecule has 1 fully saturated rings. The van der Waals surface area contributed by atoms with Crippen molar-refractivity contribution in [1.82, 2.24) is 4.90 Å². The zero-order valence-electron chi connectivity index (χ0n) is 10.4. The van der Waals surface area contributed by atoms with Crippen molar-refractivity contribution in [1.29, 1.82) is 0 Å². The van der Waals surface area contributed by atoms with E-state index < -0.39 is 12.0 Å². The number of hydrogen-bond donors (Lipinski definition) is 0. The first-order valence-corrected chi connectivity index (χ1v) is 6.33. The Labute approximate surface area is 112 Å². The molecule has 0 radical (unpaired) electrons. The lowest BCUT2D eigenvalue weighted by atomic mass is 10.1. The van der Waals surface area contributed by atoms with Crippen molar-refractivity contribution >= 4 is 5.97 Å². The molecule has 3 atom stereocenters. The summed E-state index contributed by atoms with van der Waals surface area (Å²) in [5.41, 5.74) is 2.15. The average molecular weight is 252 g/mol. The van der Waals surface area contributed by atoms with E-state index in [4.69, 9.17) is 0 Å². The SMILES string of the molecule is O=C([O-])[C@@H]1[C@H](c2ccccc2)N1Cc1ccccc1. The quantitative estimate of drug-likeness (QED) is 0.772. The standard InChI is InChI=1S/C16H15NO2/c18-16(19)15-14(13-9-5-2-6-10-13)17(15)11-12-7-3-1-4-8-12/h1-10,14-15H,11H2,(H,18,19)/p-1/t14-,15-,17?/m0/s1. The number of carboxylic acid groups (broad SMARTS) is 1. The summed E-state index contributed by atoms with van der Waals surface area (Å²) >= 11 is 0. The third kappa shape index (κ3) is 2.37. The molecule has 3 nitrogen and oxygen atoms in total. The topological polar surface area (TPSA) is 43.1 Å². The van der Waals surface area contributed by atoms with Gasteiger partial charge in [0.25, 0.3) is 0 Å². The van der Waals surface area contributed by atoms with Crippen LogP contribution in [0.2, 0.25) is 0 Å². The predicted molar refractivity (Wildman–Crippen MR) is 70.0 cm³/mol. The molecule has 0 bridgehead atoms. The molecular formula is C16H14NO2-. The van der Waals surface area contributed by atoms with Crippen LogP contribution in [-0.4, -0.2) is 16.9 Å². The fourth-order valence-electron chi connectivity index (χ4n) is 2.56. The van der Waals surface area contributed by atoms with Crippen LogP contribution in [-0.2, 0) is 11.3 Å². The van der Waals surface area contributed by atoms with Crippen LogP contribution in [0.1, 0.15) is 17.2 Å².